The number of likely N-dealkylation sites (N-methyl/N-ethyl adjacent to an activating group) is 1. The molecule has 2 amide bonds. The van der Waals surface area contributed by atoms with Crippen molar-refractivity contribution in [2.75, 3.05) is 39.3 Å². The monoisotopic (exact) mass is 459 g/mol. The lowest BCUT2D eigenvalue weighted by atomic mass is 10.2. The van der Waals surface area contributed by atoms with Crippen molar-refractivity contribution < 1.29 is 9.59 Å². The van der Waals surface area contributed by atoms with Crippen LogP contribution in [0.3, 0.4) is 0 Å². The lowest BCUT2D eigenvalue weighted by Gasteiger charge is -2.22. The van der Waals surface area contributed by atoms with E-state index >= 15 is 0 Å². The summed E-state index contributed by atoms with van der Waals surface area (Å²) in [6, 6.07) is 3.94. The third-order valence-corrected chi connectivity index (χ3v) is 7.12. The molecular formula is C21H25N5O3S2. The molecule has 8 nitrogen and oxygen atoms in total. The van der Waals surface area contributed by atoms with Gasteiger partial charge in [0.1, 0.15) is 11.4 Å². The fraction of sp³-hybridized carbons (Fsp3) is 0.429. The van der Waals surface area contributed by atoms with E-state index in [9.17, 15) is 14.4 Å². The van der Waals surface area contributed by atoms with Crippen LogP contribution in [0.5, 0.6) is 0 Å². The van der Waals surface area contributed by atoms with Crippen molar-refractivity contribution in [1.29, 1.82) is 0 Å². The molecule has 0 spiro atoms. The van der Waals surface area contributed by atoms with E-state index in [2.05, 4.69) is 15.2 Å². The molecule has 4 heterocycles. The minimum atomic E-state index is -0.185. The number of fused-ring (bicyclic) bond motifs is 1. The summed E-state index contributed by atoms with van der Waals surface area (Å²) in [7, 11) is 0. The smallest absolute Gasteiger partial charge is 0.263 e. The van der Waals surface area contributed by atoms with E-state index < -0.39 is 0 Å². The van der Waals surface area contributed by atoms with Gasteiger partial charge in [0.15, 0.2) is 0 Å². The van der Waals surface area contributed by atoms with E-state index in [1.807, 2.05) is 29.8 Å². The van der Waals surface area contributed by atoms with Crippen LogP contribution in [0.15, 0.2) is 34.0 Å². The molecule has 10 heteroatoms. The third-order valence-electron chi connectivity index (χ3n) is 5.34. The molecule has 1 aliphatic heterocycles. The molecular weight excluding hydrogens is 434 g/mol. The fourth-order valence-corrected chi connectivity index (χ4v) is 5.49. The molecule has 0 aliphatic carbocycles. The Balaban J connectivity index is 1.46. The Kier molecular flexibility index (Phi) is 6.79. The van der Waals surface area contributed by atoms with Crippen LogP contribution in [-0.4, -0.2) is 70.4 Å². The number of nitrogens with zero attached hydrogens (tertiary/aromatic N) is 4. The van der Waals surface area contributed by atoms with Gasteiger partial charge in [-0.25, -0.2) is 4.98 Å². The Morgan fingerprint density at radius 3 is 2.81 bits per heavy atom. The first kappa shape index (κ1) is 21.7. The molecule has 0 unspecified atom stereocenters. The molecule has 164 valence electrons. The van der Waals surface area contributed by atoms with Gasteiger partial charge in [-0.15, -0.1) is 22.7 Å². The average molecular weight is 460 g/mol. The van der Waals surface area contributed by atoms with Crippen molar-refractivity contribution in [3.8, 4) is 10.4 Å². The summed E-state index contributed by atoms with van der Waals surface area (Å²) in [5.41, 5.74) is 0.695. The summed E-state index contributed by atoms with van der Waals surface area (Å²) in [5, 5.41) is 7.32. The lowest BCUT2D eigenvalue weighted by Crippen LogP contribution is -2.41. The summed E-state index contributed by atoms with van der Waals surface area (Å²) in [5.74, 6) is -0.0958. The molecule has 3 aromatic heterocycles. The van der Waals surface area contributed by atoms with Gasteiger partial charge in [0.05, 0.1) is 18.3 Å². The molecule has 1 saturated heterocycles. The number of hydrogen-bond acceptors (Lipinski definition) is 7. The van der Waals surface area contributed by atoms with Gasteiger partial charge >= 0.3 is 0 Å². The van der Waals surface area contributed by atoms with Crippen molar-refractivity contribution in [3.05, 3.63) is 39.6 Å². The van der Waals surface area contributed by atoms with Crippen LogP contribution in [0.1, 0.15) is 13.3 Å². The number of rotatable bonds is 6. The minimum Gasteiger partial charge on any atom is -0.355 e. The highest BCUT2D eigenvalue weighted by Crippen LogP contribution is 2.33. The molecule has 0 bridgehead atoms. The van der Waals surface area contributed by atoms with E-state index in [0.717, 1.165) is 23.4 Å². The highest BCUT2D eigenvalue weighted by atomic mass is 32.1. The van der Waals surface area contributed by atoms with Crippen LogP contribution < -0.4 is 10.9 Å². The second-order valence-corrected chi connectivity index (χ2v) is 9.25. The number of aromatic nitrogens is 2. The molecule has 1 aliphatic rings. The first-order chi connectivity index (χ1) is 15.1. The maximum Gasteiger partial charge on any atom is 0.263 e. The molecule has 0 atom stereocenters. The molecule has 3 aromatic rings. The van der Waals surface area contributed by atoms with Gasteiger partial charge in [-0.2, -0.15) is 0 Å². The SMILES string of the molecule is CCNC(=O)CN1CCCN(C(=O)Cn2cnc3scc(-c4cccs4)c3c2=O)CC1. The normalized spacial score (nSPS) is 15.2. The van der Waals surface area contributed by atoms with Gasteiger partial charge in [-0.3, -0.25) is 23.9 Å². The van der Waals surface area contributed by atoms with Crippen molar-refractivity contribution in [3.63, 3.8) is 0 Å². The molecule has 4 rings (SSSR count). The van der Waals surface area contributed by atoms with Crippen LogP contribution in [0.4, 0.5) is 0 Å². The topological polar surface area (TPSA) is 87.5 Å². The second kappa shape index (κ2) is 9.71. The molecule has 31 heavy (non-hydrogen) atoms. The second-order valence-electron chi connectivity index (χ2n) is 7.45. The van der Waals surface area contributed by atoms with E-state index in [1.165, 1.54) is 22.2 Å². The van der Waals surface area contributed by atoms with E-state index in [0.29, 0.717) is 42.9 Å². The molecule has 0 saturated carbocycles. The molecule has 1 fully saturated rings. The van der Waals surface area contributed by atoms with Crippen LogP contribution in [0, 0.1) is 0 Å². The Labute approximate surface area is 188 Å². The lowest BCUT2D eigenvalue weighted by molar-refractivity contribution is -0.131. The van der Waals surface area contributed by atoms with E-state index in [-0.39, 0.29) is 23.9 Å². The summed E-state index contributed by atoms with van der Waals surface area (Å²) in [4.78, 5) is 47.9. The number of thiophene rings is 2. The van der Waals surface area contributed by atoms with Crippen LogP contribution >= 0.6 is 22.7 Å². The molecule has 1 N–H and O–H groups in total. The predicted molar refractivity (Wildman–Crippen MR) is 124 cm³/mol. The van der Waals surface area contributed by atoms with Crippen LogP contribution in [0.25, 0.3) is 20.7 Å². The molecule has 0 radical (unpaired) electrons. The van der Waals surface area contributed by atoms with Gasteiger partial charge in [0, 0.05) is 48.5 Å². The number of amides is 2. The van der Waals surface area contributed by atoms with Crippen LogP contribution in [0.2, 0.25) is 0 Å². The number of nitrogens with one attached hydrogen (secondary N) is 1. The number of carbonyl (C=O) groups is 2. The van der Waals surface area contributed by atoms with Crippen LogP contribution in [-0.2, 0) is 16.1 Å². The van der Waals surface area contributed by atoms with Crippen molar-refractivity contribution in [1.82, 2.24) is 24.7 Å². The van der Waals surface area contributed by atoms with E-state index in [4.69, 9.17) is 0 Å². The number of hydrogen-bond donors (Lipinski definition) is 1. The Morgan fingerprint density at radius 1 is 1.16 bits per heavy atom. The predicted octanol–water partition coefficient (Wildman–Crippen LogP) is 1.86. The highest BCUT2D eigenvalue weighted by molar-refractivity contribution is 7.18. The zero-order chi connectivity index (χ0) is 21.8. The van der Waals surface area contributed by atoms with Gasteiger partial charge in [0.2, 0.25) is 11.8 Å². The quantitative estimate of drug-likeness (QED) is 0.608. The standard InChI is InChI=1S/C21H25N5O3S2/c1-2-22-17(27)11-24-6-4-7-25(9-8-24)18(28)12-26-14-23-20-19(21(26)29)15(13-31-20)16-5-3-10-30-16/h3,5,10,13-14H,2,4,6-9,11-12H2,1H3,(H,22,27). The molecule has 0 aromatic carbocycles. The van der Waals surface area contributed by atoms with Gasteiger partial charge in [-0.1, -0.05) is 6.07 Å². The fourth-order valence-electron chi connectivity index (χ4n) is 3.77. The van der Waals surface area contributed by atoms with Crippen molar-refractivity contribution in [2.45, 2.75) is 19.9 Å². The zero-order valence-electron chi connectivity index (χ0n) is 17.4. The third kappa shape index (κ3) is 4.86. The Hall–Kier alpha value is -2.56. The summed E-state index contributed by atoms with van der Waals surface area (Å²) in [6.07, 6.45) is 2.26. The minimum absolute atomic E-state index is 0.00511. The Bertz CT molecular complexity index is 1120. The summed E-state index contributed by atoms with van der Waals surface area (Å²) < 4.78 is 1.41. The van der Waals surface area contributed by atoms with Gasteiger partial charge in [0.25, 0.3) is 5.56 Å². The largest absolute Gasteiger partial charge is 0.355 e. The average Bonchev–Trinajstić information content (AvgIpc) is 3.37. The maximum absolute atomic E-state index is 13.1. The Morgan fingerprint density at radius 2 is 2.03 bits per heavy atom. The van der Waals surface area contributed by atoms with E-state index in [1.54, 1.807) is 16.2 Å². The number of carbonyl (C=O) groups excluding carboxylic acids is 2. The first-order valence-electron chi connectivity index (χ1n) is 10.3. The van der Waals surface area contributed by atoms with Crippen molar-refractivity contribution in [2.24, 2.45) is 0 Å². The first-order valence-corrected chi connectivity index (χ1v) is 12.1. The van der Waals surface area contributed by atoms with Gasteiger partial charge in [-0.05, 0) is 24.8 Å². The highest BCUT2D eigenvalue weighted by Gasteiger charge is 2.22. The maximum atomic E-state index is 13.1. The van der Waals surface area contributed by atoms with Crippen molar-refractivity contribution >= 4 is 44.7 Å². The zero-order valence-corrected chi connectivity index (χ0v) is 19.0. The summed E-state index contributed by atoms with van der Waals surface area (Å²) >= 11 is 3.02. The van der Waals surface area contributed by atoms with Gasteiger partial charge < -0.3 is 10.2 Å². The summed E-state index contributed by atoms with van der Waals surface area (Å²) in [6.45, 7) is 5.40.